The van der Waals surface area contributed by atoms with Crippen LogP contribution in [-0.2, 0) is 9.59 Å². The normalized spacial score (nSPS) is 17.0. The van der Waals surface area contributed by atoms with E-state index in [-0.39, 0.29) is 66.3 Å². The highest BCUT2D eigenvalue weighted by atomic mass is 35.5. The second-order valence-corrected chi connectivity index (χ2v) is 24.6. The number of benzene rings is 4. The van der Waals surface area contributed by atoms with Crippen molar-refractivity contribution in [1.82, 2.24) is 49.5 Å². The average molecular weight is 1260 g/mol. The molecule has 3 N–H and O–H groups in total. The van der Waals surface area contributed by atoms with Crippen molar-refractivity contribution in [3.63, 3.8) is 0 Å². The van der Waals surface area contributed by atoms with E-state index in [0.717, 1.165) is 74.4 Å². The van der Waals surface area contributed by atoms with E-state index in [9.17, 15) is 34.0 Å². The molecule has 27 heteroatoms. The SMILES string of the molecule is C.CN(c1nc(-c2ccc(F)cc2)c(C#N)s1)c1c2cc(N3CCN(CC(=O)N4CC(O)C4)CC3)cc(F)c2nn1C1CC1.CN(c1nc(-c2ccc(F)cc2)c(C#N)s1)c1c2cc(N3CCNCC3)cc(F)c2nn1C1CC1.O=C(CCl)N1CC(O)C1. The number of nitriles is 2. The predicted octanol–water partition coefficient (Wildman–Crippen LogP) is 8.62. The molecule has 4 aromatic heterocycles. The van der Waals surface area contributed by atoms with Gasteiger partial charge in [-0.1, -0.05) is 30.1 Å². The smallest absolute Gasteiger partial charge is 0.237 e. The Balaban J connectivity index is 0.000000160. The molecule has 2 aliphatic carbocycles. The molecule has 88 heavy (non-hydrogen) atoms. The van der Waals surface area contributed by atoms with Gasteiger partial charge in [0.25, 0.3) is 0 Å². The fourth-order valence-corrected chi connectivity index (χ4v) is 12.9. The number of nitrogens with one attached hydrogen (secondary N) is 1. The van der Waals surface area contributed by atoms with Crippen LogP contribution in [0.4, 0.5) is 50.8 Å². The molecule has 6 fully saturated rings. The molecular formula is C61H65ClF4N16O4S2. The van der Waals surface area contributed by atoms with Crippen LogP contribution in [0, 0.1) is 45.9 Å². The summed E-state index contributed by atoms with van der Waals surface area (Å²) in [6.45, 7) is 7.96. The number of alkyl halides is 1. The highest BCUT2D eigenvalue weighted by Gasteiger charge is 2.36. The van der Waals surface area contributed by atoms with Crippen LogP contribution in [0.5, 0.6) is 0 Å². The number of carbonyl (C=O) groups excluding carboxylic acids is 2. The van der Waals surface area contributed by atoms with Gasteiger partial charge in [0.1, 0.15) is 73.5 Å². The van der Waals surface area contributed by atoms with E-state index in [4.69, 9.17) is 26.7 Å². The first-order valence-corrected chi connectivity index (χ1v) is 30.9. The molecule has 4 aliphatic heterocycles. The van der Waals surface area contributed by atoms with Crippen LogP contribution in [-0.4, -0.2) is 184 Å². The van der Waals surface area contributed by atoms with Gasteiger partial charge < -0.3 is 44.9 Å². The van der Waals surface area contributed by atoms with E-state index in [2.05, 4.69) is 42.4 Å². The molecule has 0 radical (unpaired) electrons. The summed E-state index contributed by atoms with van der Waals surface area (Å²) in [5.74, 6) is -0.0275. The molecule has 2 saturated carbocycles. The number of aliphatic hydroxyl groups excluding tert-OH is 2. The minimum absolute atomic E-state index is 0. The summed E-state index contributed by atoms with van der Waals surface area (Å²) in [6.07, 6.45) is 3.13. The minimum atomic E-state index is -0.417. The first kappa shape index (κ1) is 61.7. The molecule has 8 heterocycles. The summed E-state index contributed by atoms with van der Waals surface area (Å²) in [4.78, 5) is 46.8. The molecule has 4 aromatic carbocycles. The van der Waals surface area contributed by atoms with Gasteiger partial charge >= 0.3 is 0 Å². The Hall–Kier alpha value is -7.95. The van der Waals surface area contributed by atoms with Crippen molar-refractivity contribution in [3.8, 4) is 34.7 Å². The third-order valence-electron chi connectivity index (χ3n) is 16.2. The first-order valence-electron chi connectivity index (χ1n) is 28.7. The Kier molecular flexibility index (Phi) is 18.2. The lowest BCUT2D eigenvalue weighted by Crippen LogP contribution is -2.57. The fraction of sp³-hybridized carbons (Fsp3) is 0.410. The third kappa shape index (κ3) is 12.8. The van der Waals surface area contributed by atoms with Gasteiger partial charge in [-0.05, 0) is 98.5 Å². The molecular weight excluding hydrogens is 1200 g/mol. The average Bonchev–Trinajstić information content (AvgIpc) is 1.67. The highest BCUT2D eigenvalue weighted by molar-refractivity contribution is 7.17. The predicted molar refractivity (Wildman–Crippen MR) is 333 cm³/mol. The molecule has 4 saturated heterocycles. The number of hydrogen-bond acceptors (Lipinski definition) is 18. The fourth-order valence-electron chi connectivity index (χ4n) is 11.1. The first-order chi connectivity index (χ1) is 42.0. The molecule has 20 nitrogen and oxygen atoms in total. The summed E-state index contributed by atoms with van der Waals surface area (Å²) in [5, 5.41) is 53.0. The molecule has 14 rings (SSSR count). The number of carbonyl (C=O) groups is 2. The number of halogens is 5. The van der Waals surface area contributed by atoms with Gasteiger partial charge in [0.2, 0.25) is 11.8 Å². The Bertz CT molecular complexity index is 3950. The Morgan fingerprint density at radius 1 is 0.636 bits per heavy atom. The molecule has 2 amide bonds. The molecule has 0 unspecified atom stereocenters. The molecule has 0 spiro atoms. The summed E-state index contributed by atoms with van der Waals surface area (Å²) in [6, 6.07) is 23.7. The van der Waals surface area contributed by atoms with E-state index in [0.29, 0.717) is 118 Å². The van der Waals surface area contributed by atoms with Crippen LogP contribution in [0.15, 0.2) is 72.8 Å². The monoisotopic (exact) mass is 1260 g/mol. The quantitative estimate of drug-likeness (QED) is 0.0727. The Labute approximate surface area is 518 Å². The maximum absolute atomic E-state index is 15.6. The van der Waals surface area contributed by atoms with Gasteiger partial charge in [-0.2, -0.15) is 20.7 Å². The van der Waals surface area contributed by atoms with Crippen LogP contribution in [0.1, 0.15) is 54.9 Å². The molecule has 6 aliphatic rings. The zero-order valence-electron chi connectivity index (χ0n) is 47.6. The van der Waals surface area contributed by atoms with Crippen LogP contribution in [0.25, 0.3) is 44.3 Å². The third-order valence-corrected chi connectivity index (χ3v) is 18.5. The Morgan fingerprint density at radius 2 is 1.05 bits per heavy atom. The van der Waals surface area contributed by atoms with Crippen LogP contribution in [0.2, 0.25) is 0 Å². The Morgan fingerprint density at radius 3 is 1.43 bits per heavy atom. The lowest BCUT2D eigenvalue weighted by atomic mass is 10.1. The van der Waals surface area contributed by atoms with Crippen molar-refractivity contribution in [2.75, 3.05) is 125 Å². The number of aromatic nitrogens is 6. The van der Waals surface area contributed by atoms with Crippen molar-refractivity contribution in [3.05, 3.63) is 106 Å². The highest BCUT2D eigenvalue weighted by Crippen LogP contribution is 2.47. The van der Waals surface area contributed by atoms with Gasteiger partial charge in [-0.15, -0.1) is 11.6 Å². The molecule has 460 valence electrons. The number of thiazole rings is 2. The summed E-state index contributed by atoms with van der Waals surface area (Å²) >= 11 is 7.72. The second kappa shape index (κ2) is 26.0. The number of rotatable bonds is 13. The van der Waals surface area contributed by atoms with Gasteiger partial charge in [0.15, 0.2) is 21.9 Å². The topological polar surface area (TPSA) is 218 Å². The number of nitrogens with zero attached hydrogens (tertiary/aromatic N) is 15. The van der Waals surface area contributed by atoms with E-state index in [1.807, 2.05) is 45.4 Å². The maximum atomic E-state index is 15.6. The van der Waals surface area contributed by atoms with Crippen molar-refractivity contribution >= 4 is 101 Å². The largest absolute Gasteiger partial charge is 0.389 e. The van der Waals surface area contributed by atoms with Crippen molar-refractivity contribution in [2.24, 2.45) is 0 Å². The van der Waals surface area contributed by atoms with Gasteiger partial charge in [0.05, 0.1) is 30.8 Å². The lowest BCUT2D eigenvalue weighted by molar-refractivity contribution is -0.142. The molecule has 0 bridgehead atoms. The summed E-state index contributed by atoms with van der Waals surface area (Å²) in [5.41, 5.74) is 4.51. The van der Waals surface area contributed by atoms with E-state index >= 15 is 8.78 Å². The van der Waals surface area contributed by atoms with Crippen molar-refractivity contribution in [1.29, 1.82) is 10.5 Å². The number of likely N-dealkylation sites (tertiary alicyclic amines) is 2. The van der Waals surface area contributed by atoms with E-state index in [1.165, 1.54) is 57.9 Å². The standard InChI is InChI=1S/C30H30F2N8O2S.C25H23F2N7S.C5H8ClNO2.CH4/c1-36(30-34-27(25(14-33)43-30)18-2-4-19(31)5-3-18)29-23-12-21(13-24(32)28(23)35-40(29)20-6-7-20)38-10-8-37(9-11-38)17-26(42)39-15-22(41)16-39;1-32(25-30-22(21(14-28)35-25)15-2-4-16(26)5-3-15)24-19-12-18(33-10-8-29-9-11-33)13-20(27)23(19)31-34(24)17-6-7-17;6-1-5(9)7-2-4(8)3-7;/h2-5,12-13,20,22,41H,6-11,15-17H2,1H3;2-5,12-13,17,29H,6-11H2,1H3;4,8H,1-3H2;1H4. The van der Waals surface area contributed by atoms with Crippen molar-refractivity contribution in [2.45, 2.75) is 57.4 Å². The van der Waals surface area contributed by atoms with Crippen molar-refractivity contribution < 1.29 is 37.4 Å². The van der Waals surface area contributed by atoms with Gasteiger partial charge in [0, 0.05) is 126 Å². The second-order valence-electron chi connectivity index (χ2n) is 22.4. The zero-order chi connectivity index (χ0) is 60.8. The van der Waals surface area contributed by atoms with Crippen LogP contribution < -0.4 is 24.9 Å². The number of hydrogen-bond donors (Lipinski definition) is 3. The van der Waals surface area contributed by atoms with Crippen LogP contribution >= 0.6 is 34.3 Å². The van der Waals surface area contributed by atoms with Crippen LogP contribution in [0.3, 0.4) is 0 Å². The number of β-amino-alcohol motifs (C(OH)–C–C–N with tert-alkyl or cyclic N) is 2. The lowest BCUT2D eigenvalue weighted by Gasteiger charge is -2.39. The van der Waals surface area contributed by atoms with E-state index < -0.39 is 11.9 Å². The summed E-state index contributed by atoms with van der Waals surface area (Å²) < 4.78 is 61.7. The molecule has 0 atom stereocenters. The number of aliphatic hydroxyl groups is 2. The number of amides is 2. The maximum Gasteiger partial charge on any atom is 0.237 e. The number of piperazine rings is 2. The van der Waals surface area contributed by atoms with E-state index in [1.54, 1.807) is 35.2 Å². The number of anilines is 6. The number of fused-ring (bicyclic) bond motifs is 2. The minimum Gasteiger partial charge on any atom is -0.389 e. The van der Waals surface area contributed by atoms with Gasteiger partial charge in [-0.25, -0.2) is 36.9 Å². The van der Waals surface area contributed by atoms with Gasteiger partial charge in [-0.3, -0.25) is 14.5 Å². The summed E-state index contributed by atoms with van der Waals surface area (Å²) in [7, 11) is 3.72. The zero-order valence-corrected chi connectivity index (χ0v) is 50.0. The molecule has 8 aromatic rings.